The first-order chi connectivity index (χ1) is 53.1. The lowest BCUT2D eigenvalue weighted by atomic mass is 10.0. The number of thioether (sulfide) groups is 1. The Morgan fingerprint density at radius 2 is 0.679 bits per heavy atom. The number of hydrogen-bond acceptors (Lipinski definition) is 20. The molecule has 0 aromatic heterocycles. The van der Waals surface area contributed by atoms with E-state index in [4.69, 9.17) is 50.1 Å². The van der Waals surface area contributed by atoms with Crippen molar-refractivity contribution >= 4 is 75.6 Å². The number of ether oxygens (including phenoxy) is 8. The van der Waals surface area contributed by atoms with Crippen LogP contribution in [0.15, 0.2) is 48.5 Å². The second kappa shape index (κ2) is 48.1. The average Bonchev–Trinajstić information content (AvgIpc) is 1.81. The van der Waals surface area contributed by atoms with Crippen molar-refractivity contribution in [3.05, 3.63) is 93.0 Å². The van der Waals surface area contributed by atoms with E-state index in [0.29, 0.717) is 68.0 Å². The first kappa shape index (κ1) is 87.6. The summed E-state index contributed by atoms with van der Waals surface area (Å²) in [6.07, 6.45) is 11.4. The van der Waals surface area contributed by atoms with E-state index in [1.165, 1.54) is 22.7 Å². The third-order valence-corrected chi connectivity index (χ3v) is 19.9. The summed E-state index contributed by atoms with van der Waals surface area (Å²) in [5.41, 5.74) is 1.10. The summed E-state index contributed by atoms with van der Waals surface area (Å²) in [5.74, 6) is -2.49. The topological polar surface area (TPSA) is 304 Å². The molecule has 1 fully saturated rings. The van der Waals surface area contributed by atoms with Crippen LogP contribution in [0.5, 0.6) is 46.0 Å². The molecular formula is C81H118N10O16S2. The summed E-state index contributed by atoms with van der Waals surface area (Å²) in [5, 5.41) is 21.8. The van der Waals surface area contributed by atoms with Crippen LogP contribution in [0.2, 0.25) is 0 Å². The fraction of sp³-hybridized carbons (Fsp3) is 0.593. The van der Waals surface area contributed by atoms with E-state index >= 15 is 4.79 Å². The second-order valence-electron chi connectivity index (χ2n) is 27.1. The number of hydrogen-bond donors (Lipinski definition) is 7. The van der Waals surface area contributed by atoms with Gasteiger partial charge in [0.2, 0.25) is 0 Å². The van der Waals surface area contributed by atoms with Crippen LogP contribution in [-0.4, -0.2) is 216 Å². The molecule has 26 nitrogen and oxygen atoms in total. The van der Waals surface area contributed by atoms with Gasteiger partial charge in [-0.15, -0.1) is 0 Å². The lowest BCUT2D eigenvalue weighted by Crippen LogP contribution is -2.49. The Balaban J connectivity index is 1.40. The number of rotatable bonds is 37. The maximum atomic E-state index is 15.6. The molecule has 8 bridgehead atoms. The third kappa shape index (κ3) is 26.3. The number of carbonyl (C=O) groups excluding carboxylic acids is 8. The molecule has 7 N–H and O–H groups in total. The van der Waals surface area contributed by atoms with Crippen molar-refractivity contribution in [2.75, 3.05) is 144 Å². The van der Waals surface area contributed by atoms with E-state index in [9.17, 15) is 33.6 Å². The summed E-state index contributed by atoms with van der Waals surface area (Å²) in [4.78, 5) is 124. The van der Waals surface area contributed by atoms with Gasteiger partial charge in [0, 0.05) is 96.9 Å². The van der Waals surface area contributed by atoms with E-state index in [-0.39, 0.29) is 234 Å². The lowest BCUT2D eigenvalue weighted by Gasteiger charge is -2.29. The average molecular weight is 1550 g/mol. The number of carbonyl (C=O) groups is 8. The largest absolute Gasteiger partial charge is 0.489 e. The zero-order chi connectivity index (χ0) is 78.3. The van der Waals surface area contributed by atoms with Crippen molar-refractivity contribution < 1.29 is 76.3 Å². The monoisotopic (exact) mass is 1550 g/mol. The molecule has 13 aliphatic rings. The number of thiocarbonyl (C=S) groups is 1. The first-order valence-electron chi connectivity index (χ1n) is 39.7. The minimum Gasteiger partial charge on any atom is -0.489 e. The summed E-state index contributed by atoms with van der Waals surface area (Å²) >= 11 is 7.01. The highest BCUT2D eigenvalue weighted by atomic mass is 32.2. The van der Waals surface area contributed by atoms with Gasteiger partial charge in [0.25, 0.3) is 47.3 Å². The predicted octanol–water partition coefficient (Wildman–Crippen LogP) is 11.2. The van der Waals surface area contributed by atoms with Crippen molar-refractivity contribution in [1.29, 1.82) is 0 Å². The molecule has 17 rings (SSSR count). The molecule has 0 saturated carbocycles. The Bertz CT molecular complexity index is 3540. The fourth-order valence-electron chi connectivity index (χ4n) is 12.1. The van der Waals surface area contributed by atoms with E-state index in [0.717, 1.165) is 51.4 Å². The smallest absolute Gasteiger partial charge is 0.263 e. The fourth-order valence-corrected chi connectivity index (χ4v) is 13.3. The third-order valence-electron chi connectivity index (χ3n) is 18.5. The zero-order valence-corrected chi connectivity index (χ0v) is 67.1. The van der Waals surface area contributed by atoms with Crippen LogP contribution in [0.3, 0.4) is 0 Å². The molecule has 4 aromatic rings. The molecule has 1 saturated heterocycles. The van der Waals surface area contributed by atoms with Crippen molar-refractivity contribution in [3.63, 3.8) is 0 Å². The van der Waals surface area contributed by atoms with Gasteiger partial charge in [-0.3, -0.25) is 53.1 Å². The van der Waals surface area contributed by atoms with Gasteiger partial charge in [-0.2, -0.15) is 0 Å². The quantitative estimate of drug-likeness (QED) is 0.0163. The molecule has 0 radical (unpaired) electrons. The van der Waals surface area contributed by atoms with Gasteiger partial charge < -0.3 is 75.1 Å². The number of amides is 8. The molecule has 0 spiro atoms. The van der Waals surface area contributed by atoms with Crippen molar-refractivity contribution in [2.24, 2.45) is 0 Å². The maximum Gasteiger partial charge on any atom is 0.263 e. The predicted molar refractivity (Wildman–Crippen MR) is 428 cm³/mol. The molecule has 13 aliphatic heterocycles. The standard InChI is InChI=1S/C81H118N10O16S2/c1-9-17-46-100-65-57-25-27-59(67(65)102-48-19-11-3)77(96)86-38-43-90-44-39-87-78(97)60-28-26-58(66(101-47-18-10-2)68(60)103-49-20-12-4)75(94)84-36-41-89(40-35-83-74(57)93)42-37-85-76(95)61-29-30-63(71(106-52-23-15-7)69(61)104-50-21-13-5)79(98)88-56(55-90)33-34-82-73(92)62-31-32-64(80(99)91-45-54-109-81(91)108)72(107-53-24-16-8)70(62)105-51-22-14-6/h25-32,56H,9-24,33-55H2,1-8H3,(H,82,92)(H,83,93)(H,84,94)(H,85,95)(H,86,96)(H,87,97)(H,88,98)/t56-/m0/s1. The van der Waals surface area contributed by atoms with Crippen LogP contribution in [0, 0.1) is 0 Å². The maximum absolute atomic E-state index is 15.6. The Labute approximate surface area is 653 Å². The molecule has 1 atom stereocenters. The summed E-state index contributed by atoms with van der Waals surface area (Å²) in [6.45, 7) is 19.5. The highest BCUT2D eigenvalue weighted by Crippen LogP contribution is 2.41. The number of unbranched alkanes of at least 4 members (excludes halogenated alkanes) is 8. The second-order valence-corrected chi connectivity index (χ2v) is 28.8. The molecule has 0 aliphatic carbocycles. The van der Waals surface area contributed by atoms with E-state index < -0.39 is 47.4 Å². The summed E-state index contributed by atoms with van der Waals surface area (Å²) in [6, 6.07) is 11.6. The van der Waals surface area contributed by atoms with Gasteiger partial charge in [-0.25, -0.2) is 0 Å². The molecule has 28 heteroatoms. The van der Waals surface area contributed by atoms with Crippen LogP contribution in [0.1, 0.15) is 247 Å². The highest BCUT2D eigenvalue weighted by Gasteiger charge is 2.34. The molecule has 600 valence electrons. The number of nitrogens with one attached hydrogen (secondary N) is 7. The molecule has 109 heavy (non-hydrogen) atoms. The lowest BCUT2D eigenvalue weighted by molar-refractivity contribution is 0.0850. The van der Waals surface area contributed by atoms with E-state index in [2.05, 4.69) is 37.2 Å². The number of benzene rings is 4. The molecule has 8 amide bonds. The first-order valence-corrected chi connectivity index (χ1v) is 41.1. The Morgan fingerprint density at radius 1 is 0.394 bits per heavy atom. The van der Waals surface area contributed by atoms with Gasteiger partial charge in [-0.1, -0.05) is 131 Å². The molecule has 13 heterocycles. The van der Waals surface area contributed by atoms with Crippen LogP contribution < -0.4 is 75.1 Å². The van der Waals surface area contributed by atoms with E-state index in [1.807, 2.05) is 65.2 Å². The normalized spacial score (nSPS) is 17.0. The molecule has 4 aromatic carbocycles. The van der Waals surface area contributed by atoms with Gasteiger partial charge >= 0.3 is 0 Å². The Hall–Kier alpha value is -8.60. The summed E-state index contributed by atoms with van der Waals surface area (Å²) in [7, 11) is 0. The van der Waals surface area contributed by atoms with Crippen molar-refractivity contribution in [1.82, 2.24) is 51.9 Å². The van der Waals surface area contributed by atoms with Crippen LogP contribution >= 0.6 is 24.0 Å². The summed E-state index contributed by atoms with van der Waals surface area (Å²) < 4.78 is 52.2. The molecule has 0 unspecified atom stereocenters. The highest BCUT2D eigenvalue weighted by molar-refractivity contribution is 8.23. The van der Waals surface area contributed by atoms with Crippen LogP contribution in [-0.2, 0) is 0 Å². The minimum atomic E-state index is -0.842. The van der Waals surface area contributed by atoms with Gasteiger partial charge in [-0.05, 0) is 106 Å². The van der Waals surface area contributed by atoms with Crippen molar-refractivity contribution in [2.45, 2.75) is 171 Å². The van der Waals surface area contributed by atoms with Crippen molar-refractivity contribution in [3.8, 4) is 46.0 Å². The minimum absolute atomic E-state index is 0.00248. The molecular weight excluding hydrogens is 1430 g/mol. The van der Waals surface area contributed by atoms with Gasteiger partial charge in [0.1, 0.15) is 4.32 Å². The Kier molecular flexibility index (Phi) is 38.7. The van der Waals surface area contributed by atoms with Gasteiger partial charge in [0.15, 0.2) is 46.0 Å². The Morgan fingerprint density at radius 3 is 0.982 bits per heavy atom. The number of nitrogens with zero attached hydrogens (tertiary/aromatic N) is 3. The SMILES string of the molecule is CCCCOc1c2ccc(c1OCCCC)C(=O)NCCN1CCNC(=O)c3ccc(c(OCCCC)c3OCCCC)C(=O)NCCN(CCNC2=O)CCNC(=O)c2ccc(c(OCCCC)c2OCCCC)C(=O)N[C@@H](CCNC(=O)c2ccc(C(=O)N3CCSC3=S)c(OCCCC)c2OCCCC)C1. The zero-order valence-electron chi connectivity index (χ0n) is 65.5. The van der Waals surface area contributed by atoms with Gasteiger partial charge in [0.05, 0.1) is 97.4 Å². The van der Waals surface area contributed by atoms with E-state index in [1.54, 1.807) is 42.5 Å². The van der Waals surface area contributed by atoms with Crippen LogP contribution in [0.25, 0.3) is 0 Å². The van der Waals surface area contributed by atoms with Crippen LogP contribution in [0.4, 0.5) is 0 Å².